The second-order valence-corrected chi connectivity index (χ2v) is 7.24. The number of nitrogens with zero attached hydrogens (tertiary/aromatic N) is 4. The number of hydrogen-bond acceptors (Lipinski definition) is 6. The zero-order valence-electron chi connectivity index (χ0n) is 16.2. The molecule has 29 heavy (non-hydrogen) atoms. The molecule has 0 saturated heterocycles. The highest BCUT2D eigenvalue weighted by Gasteiger charge is 2.20. The van der Waals surface area contributed by atoms with Crippen LogP contribution in [0, 0.1) is 0 Å². The Balaban J connectivity index is 1.32. The Hall–Kier alpha value is -3.61. The summed E-state index contributed by atoms with van der Waals surface area (Å²) in [4.78, 5) is 13.1. The molecule has 1 aliphatic carbocycles. The van der Waals surface area contributed by atoms with Gasteiger partial charge in [-0.1, -0.05) is 6.08 Å². The first-order valence-electron chi connectivity index (χ1n) is 9.69. The third kappa shape index (κ3) is 3.24. The Bertz CT molecular complexity index is 1230. The lowest BCUT2D eigenvalue weighted by Gasteiger charge is -2.10. The van der Waals surface area contributed by atoms with Gasteiger partial charge >= 0.3 is 0 Å². The Morgan fingerprint density at radius 1 is 1.21 bits per heavy atom. The molecule has 0 bridgehead atoms. The van der Waals surface area contributed by atoms with Crippen LogP contribution in [0.2, 0.25) is 0 Å². The highest BCUT2D eigenvalue weighted by molar-refractivity contribution is 5.86. The molecular formula is C22H22N6O. The molecule has 1 unspecified atom stereocenters. The number of anilines is 2. The van der Waals surface area contributed by atoms with E-state index in [0.717, 1.165) is 46.3 Å². The van der Waals surface area contributed by atoms with Gasteiger partial charge < -0.3 is 20.4 Å². The van der Waals surface area contributed by atoms with Crippen LogP contribution in [0.4, 0.5) is 11.6 Å². The van der Waals surface area contributed by atoms with Crippen molar-refractivity contribution in [3.05, 3.63) is 60.6 Å². The summed E-state index contributed by atoms with van der Waals surface area (Å²) in [5, 5.41) is 5.06. The van der Waals surface area contributed by atoms with E-state index in [2.05, 4.69) is 37.0 Å². The number of nitrogen functional groups attached to an aromatic ring is 1. The Morgan fingerprint density at radius 3 is 3.00 bits per heavy atom. The molecule has 0 spiro atoms. The summed E-state index contributed by atoms with van der Waals surface area (Å²) in [5.74, 6) is 2.19. The molecule has 3 N–H and O–H groups in total. The smallest absolute Gasteiger partial charge is 0.146 e. The number of pyridine rings is 1. The van der Waals surface area contributed by atoms with Gasteiger partial charge in [0.25, 0.3) is 0 Å². The monoisotopic (exact) mass is 386 g/mol. The Morgan fingerprint density at radius 2 is 2.10 bits per heavy atom. The molecular weight excluding hydrogens is 364 g/mol. The molecule has 0 fully saturated rings. The second kappa shape index (κ2) is 7.09. The van der Waals surface area contributed by atoms with Crippen LogP contribution in [-0.4, -0.2) is 33.2 Å². The van der Waals surface area contributed by atoms with E-state index in [9.17, 15) is 0 Å². The topological polar surface area (TPSA) is 90.9 Å². The molecule has 5 rings (SSSR count). The lowest BCUT2D eigenvalue weighted by Crippen LogP contribution is -2.03. The molecule has 0 aliphatic heterocycles. The van der Waals surface area contributed by atoms with Gasteiger partial charge in [-0.15, -0.1) is 0 Å². The molecule has 1 aromatic carbocycles. The number of nitrogens with two attached hydrogens (primary N) is 1. The van der Waals surface area contributed by atoms with Crippen LogP contribution >= 0.6 is 0 Å². The summed E-state index contributed by atoms with van der Waals surface area (Å²) in [7, 11) is 1.87. The second-order valence-electron chi connectivity index (χ2n) is 7.24. The molecule has 146 valence electrons. The number of rotatable bonds is 5. The minimum atomic E-state index is 0.261. The summed E-state index contributed by atoms with van der Waals surface area (Å²) < 4.78 is 8.23. The number of hydrogen-bond donors (Lipinski definition) is 2. The zero-order chi connectivity index (χ0) is 19.8. The third-order valence-corrected chi connectivity index (χ3v) is 5.43. The van der Waals surface area contributed by atoms with Gasteiger partial charge in [-0.25, -0.2) is 15.0 Å². The molecule has 3 aromatic heterocycles. The van der Waals surface area contributed by atoms with E-state index in [4.69, 9.17) is 10.5 Å². The first-order chi connectivity index (χ1) is 14.2. The van der Waals surface area contributed by atoms with Crippen molar-refractivity contribution in [2.75, 3.05) is 24.7 Å². The van der Waals surface area contributed by atoms with Gasteiger partial charge in [0, 0.05) is 24.7 Å². The van der Waals surface area contributed by atoms with Crippen molar-refractivity contribution in [3.8, 4) is 5.75 Å². The molecule has 0 amide bonds. The van der Waals surface area contributed by atoms with Gasteiger partial charge in [-0.3, -0.25) is 0 Å². The van der Waals surface area contributed by atoms with Crippen LogP contribution in [0.15, 0.2) is 60.6 Å². The van der Waals surface area contributed by atoms with Crippen molar-refractivity contribution < 1.29 is 4.74 Å². The van der Waals surface area contributed by atoms with Gasteiger partial charge in [0.2, 0.25) is 0 Å². The number of ether oxygens (including phenoxy) is 1. The van der Waals surface area contributed by atoms with Crippen molar-refractivity contribution in [2.45, 2.75) is 18.9 Å². The van der Waals surface area contributed by atoms with Crippen LogP contribution in [-0.2, 0) is 0 Å². The molecule has 0 saturated carbocycles. The van der Waals surface area contributed by atoms with Crippen molar-refractivity contribution in [2.24, 2.45) is 0 Å². The quantitative estimate of drug-likeness (QED) is 0.505. The molecule has 1 atom stereocenters. The fourth-order valence-electron chi connectivity index (χ4n) is 3.87. The van der Waals surface area contributed by atoms with E-state index >= 15 is 0 Å². The summed E-state index contributed by atoms with van der Waals surface area (Å²) in [6.07, 6.45) is 7.85. The SMILES string of the molecule is CNc1ccc2ccc(OCC3=CC(n4ccc5c(N)ncnc54)CC3)cc2n1. The van der Waals surface area contributed by atoms with E-state index in [0.29, 0.717) is 12.4 Å². The van der Waals surface area contributed by atoms with Crippen LogP contribution in [0.3, 0.4) is 0 Å². The Labute approximate surface area is 168 Å². The van der Waals surface area contributed by atoms with Gasteiger partial charge in [-0.2, -0.15) is 0 Å². The van der Waals surface area contributed by atoms with E-state index in [-0.39, 0.29) is 6.04 Å². The first kappa shape index (κ1) is 17.5. The van der Waals surface area contributed by atoms with Crippen molar-refractivity contribution in [1.82, 2.24) is 19.5 Å². The maximum absolute atomic E-state index is 6.06. The van der Waals surface area contributed by atoms with Crippen LogP contribution in [0.25, 0.3) is 21.9 Å². The van der Waals surface area contributed by atoms with Gasteiger partial charge in [-0.05, 0) is 48.7 Å². The van der Waals surface area contributed by atoms with E-state index in [1.807, 2.05) is 43.6 Å². The zero-order valence-corrected chi connectivity index (χ0v) is 16.2. The van der Waals surface area contributed by atoms with Gasteiger partial charge in [0.15, 0.2) is 0 Å². The van der Waals surface area contributed by atoms with Crippen LogP contribution in [0.5, 0.6) is 5.75 Å². The van der Waals surface area contributed by atoms with E-state index < -0.39 is 0 Å². The van der Waals surface area contributed by atoms with Crippen molar-refractivity contribution in [3.63, 3.8) is 0 Å². The molecule has 0 radical (unpaired) electrons. The normalized spacial score (nSPS) is 16.3. The highest BCUT2D eigenvalue weighted by atomic mass is 16.5. The lowest BCUT2D eigenvalue weighted by atomic mass is 10.2. The predicted molar refractivity (Wildman–Crippen MR) is 115 cm³/mol. The minimum Gasteiger partial charge on any atom is -0.489 e. The number of fused-ring (bicyclic) bond motifs is 2. The third-order valence-electron chi connectivity index (χ3n) is 5.43. The molecule has 4 aromatic rings. The standard InChI is InChI=1S/C22H22N6O/c1-24-20-7-4-15-3-6-17(11-19(15)27-20)29-12-14-2-5-16(10-14)28-9-8-18-21(23)25-13-26-22(18)28/h3-4,6-11,13,16H,2,5,12H2,1H3,(H,24,27)(H2,23,25,26). The molecule has 3 heterocycles. The van der Waals surface area contributed by atoms with Gasteiger partial charge in [0.1, 0.15) is 36.0 Å². The largest absolute Gasteiger partial charge is 0.489 e. The van der Waals surface area contributed by atoms with Gasteiger partial charge in [0.05, 0.1) is 16.9 Å². The number of allylic oxidation sites excluding steroid dienone is 1. The van der Waals surface area contributed by atoms with Crippen LogP contribution in [0.1, 0.15) is 18.9 Å². The van der Waals surface area contributed by atoms with Crippen molar-refractivity contribution >= 4 is 33.6 Å². The fourth-order valence-corrected chi connectivity index (χ4v) is 3.87. The number of benzene rings is 1. The minimum absolute atomic E-state index is 0.261. The maximum Gasteiger partial charge on any atom is 0.146 e. The van der Waals surface area contributed by atoms with Crippen molar-refractivity contribution in [1.29, 1.82) is 0 Å². The number of aromatic nitrogens is 4. The summed E-state index contributed by atoms with van der Waals surface area (Å²) in [6.45, 7) is 0.573. The summed E-state index contributed by atoms with van der Waals surface area (Å²) in [6, 6.07) is 12.3. The lowest BCUT2D eigenvalue weighted by molar-refractivity contribution is 0.349. The number of nitrogens with one attached hydrogen (secondary N) is 1. The molecule has 7 heteroatoms. The predicted octanol–water partition coefficient (Wildman–Crippen LogP) is 3.94. The fraction of sp³-hybridized carbons (Fsp3) is 0.227. The average molecular weight is 386 g/mol. The average Bonchev–Trinajstić information content (AvgIpc) is 3.39. The summed E-state index contributed by atoms with van der Waals surface area (Å²) in [5.41, 5.74) is 9.04. The van der Waals surface area contributed by atoms with Crippen LogP contribution < -0.4 is 15.8 Å². The highest BCUT2D eigenvalue weighted by Crippen LogP contribution is 2.32. The van der Waals surface area contributed by atoms with E-state index in [1.165, 1.54) is 11.9 Å². The maximum atomic E-state index is 6.06. The molecule has 7 nitrogen and oxygen atoms in total. The summed E-state index contributed by atoms with van der Waals surface area (Å²) >= 11 is 0. The van der Waals surface area contributed by atoms with E-state index in [1.54, 1.807) is 0 Å². The first-order valence-corrected chi connectivity index (χ1v) is 9.69. The Kier molecular flexibility index (Phi) is 4.27. The molecule has 1 aliphatic rings.